The number of hydrogen-bond donors (Lipinski definition) is 1. The van der Waals surface area contributed by atoms with Crippen molar-refractivity contribution in [3.8, 4) is 0 Å². The Morgan fingerprint density at radius 3 is 2.62 bits per heavy atom. The number of benzene rings is 1. The molecule has 1 unspecified atom stereocenters. The fourth-order valence-electron chi connectivity index (χ4n) is 2.54. The number of carbonyl (C=O) groups is 1. The second-order valence-corrected chi connectivity index (χ2v) is 5.85. The summed E-state index contributed by atoms with van der Waals surface area (Å²) in [6, 6.07) is 11.4. The summed E-state index contributed by atoms with van der Waals surface area (Å²) >= 11 is 0. The molecule has 1 heterocycles. The molecule has 0 spiro atoms. The molecule has 5 heteroatoms. The molecule has 0 aliphatic rings. The van der Waals surface area contributed by atoms with E-state index in [1.807, 2.05) is 25.1 Å². The second kappa shape index (κ2) is 9.13. The van der Waals surface area contributed by atoms with Gasteiger partial charge >= 0.3 is 0 Å². The maximum Gasteiger partial charge on any atom is 0.239 e. The third-order valence-corrected chi connectivity index (χ3v) is 3.88. The Morgan fingerprint density at radius 2 is 2.00 bits per heavy atom. The lowest BCUT2D eigenvalue weighted by atomic mass is 10.1. The van der Waals surface area contributed by atoms with Crippen LogP contribution in [0.1, 0.15) is 31.0 Å². The normalized spacial score (nSPS) is 12.0. The van der Waals surface area contributed by atoms with Gasteiger partial charge in [0.15, 0.2) is 0 Å². The van der Waals surface area contributed by atoms with Crippen LogP contribution in [0, 0.1) is 5.82 Å². The smallest absolute Gasteiger partial charge is 0.239 e. The first-order valence-corrected chi connectivity index (χ1v) is 8.29. The van der Waals surface area contributed by atoms with Gasteiger partial charge in [0.05, 0.1) is 6.04 Å². The quantitative estimate of drug-likeness (QED) is 0.810. The summed E-state index contributed by atoms with van der Waals surface area (Å²) < 4.78 is 13.1. The molecule has 24 heavy (non-hydrogen) atoms. The van der Waals surface area contributed by atoms with Crippen molar-refractivity contribution >= 4 is 5.91 Å². The molecule has 0 aliphatic carbocycles. The van der Waals surface area contributed by atoms with Crippen LogP contribution in [0.5, 0.6) is 0 Å². The number of halogens is 1. The molecule has 128 valence electrons. The summed E-state index contributed by atoms with van der Waals surface area (Å²) in [5.41, 5.74) is 7.82. The van der Waals surface area contributed by atoms with Crippen molar-refractivity contribution in [3.63, 3.8) is 0 Å². The number of nitrogens with zero attached hydrogens (tertiary/aromatic N) is 2. The number of nitrogens with two attached hydrogens (primary N) is 1. The van der Waals surface area contributed by atoms with E-state index < -0.39 is 6.04 Å². The summed E-state index contributed by atoms with van der Waals surface area (Å²) in [7, 11) is 0. The van der Waals surface area contributed by atoms with Gasteiger partial charge < -0.3 is 10.6 Å². The molecule has 0 bridgehead atoms. The van der Waals surface area contributed by atoms with Gasteiger partial charge in [0.25, 0.3) is 0 Å². The maximum absolute atomic E-state index is 13.1. The third kappa shape index (κ3) is 5.42. The largest absolute Gasteiger partial charge is 0.337 e. The zero-order valence-electron chi connectivity index (χ0n) is 14.0. The van der Waals surface area contributed by atoms with E-state index in [1.165, 1.54) is 12.1 Å². The van der Waals surface area contributed by atoms with Crippen LogP contribution in [-0.2, 0) is 17.8 Å². The molecule has 0 saturated heterocycles. The standard InChI is InChI=1S/C19H24FN3O/c1-2-5-18(21)19(24)23(13-11-17-6-3-4-12-22-17)14-15-7-9-16(20)10-8-15/h3-4,6-10,12,18H,2,5,11,13-14,21H2,1H3. The van der Waals surface area contributed by atoms with Crippen molar-refractivity contribution in [1.82, 2.24) is 9.88 Å². The molecule has 2 N–H and O–H groups in total. The molecule has 1 amide bonds. The Kier molecular flexibility index (Phi) is 6.88. The first-order chi connectivity index (χ1) is 11.6. The number of aromatic nitrogens is 1. The average molecular weight is 329 g/mol. The molecule has 0 saturated carbocycles. The predicted octanol–water partition coefficient (Wildman–Crippen LogP) is 2.92. The fourth-order valence-corrected chi connectivity index (χ4v) is 2.54. The van der Waals surface area contributed by atoms with Crippen molar-refractivity contribution in [2.75, 3.05) is 6.54 Å². The summed E-state index contributed by atoms with van der Waals surface area (Å²) in [6.45, 7) is 2.96. The Bertz CT molecular complexity index is 631. The summed E-state index contributed by atoms with van der Waals surface area (Å²) in [4.78, 5) is 18.7. The minimum Gasteiger partial charge on any atom is -0.337 e. The van der Waals surface area contributed by atoms with Crippen LogP contribution in [0.25, 0.3) is 0 Å². The van der Waals surface area contributed by atoms with Gasteiger partial charge in [-0.3, -0.25) is 9.78 Å². The van der Waals surface area contributed by atoms with Crippen LogP contribution in [0.2, 0.25) is 0 Å². The molecule has 4 nitrogen and oxygen atoms in total. The summed E-state index contributed by atoms with van der Waals surface area (Å²) in [5.74, 6) is -0.357. The van der Waals surface area contributed by atoms with Crippen LogP contribution in [0.15, 0.2) is 48.7 Å². The number of carbonyl (C=O) groups excluding carboxylic acids is 1. The highest BCUT2D eigenvalue weighted by Gasteiger charge is 2.20. The van der Waals surface area contributed by atoms with Crippen LogP contribution < -0.4 is 5.73 Å². The molecule has 0 radical (unpaired) electrons. The Hall–Kier alpha value is -2.27. The summed E-state index contributed by atoms with van der Waals surface area (Å²) in [6.07, 6.45) is 3.91. The van der Waals surface area contributed by atoms with E-state index in [0.717, 1.165) is 17.7 Å². The van der Waals surface area contributed by atoms with Gasteiger partial charge in [-0.25, -0.2) is 4.39 Å². The molecule has 0 fully saturated rings. The van der Waals surface area contributed by atoms with Crippen LogP contribution in [-0.4, -0.2) is 28.4 Å². The van der Waals surface area contributed by atoms with E-state index in [2.05, 4.69) is 4.98 Å². The Labute approximate surface area is 142 Å². The molecule has 0 aliphatic heterocycles. The molecule has 1 aromatic carbocycles. The van der Waals surface area contributed by atoms with Crippen molar-refractivity contribution in [2.24, 2.45) is 5.73 Å². The minimum atomic E-state index is -0.501. The first-order valence-electron chi connectivity index (χ1n) is 8.29. The molecule has 2 aromatic rings. The topological polar surface area (TPSA) is 59.2 Å². The predicted molar refractivity (Wildman–Crippen MR) is 92.6 cm³/mol. The van der Waals surface area contributed by atoms with Gasteiger partial charge in [-0.1, -0.05) is 31.5 Å². The van der Waals surface area contributed by atoms with Crippen LogP contribution in [0.3, 0.4) is 0 Å². The average Bonchev–Trinajstić information content (AvgIpc) is 2.60. The maximum atomic E-state index is 13.1. The van der Waals surface area contributed by atoms with E-state index in [0.29, 0.717) is 25.9 Å². The Balaban J connectivity index is 2.07. The van der Waals surface area contributed by atoms with Gasteiger partial charge in [-0.05, 0) is 36.2 Å². The van der Waals surface area contributed by atoms with Gasteiger partial charge in [0, 0.05) is 31.4 Å². The van der Waals surface area contributed by atoms with E-state index in [4.69, 9.17) is 5.73 Å². The highest BCUT2D eigenvalue weighted by Crippen LogP contribution is 2.10. The first kappa shape index (κ1) is 18.1. The van der Waals surface area contributed by atoms with E-state index >= 15 is 0 Å². The molecular formula is C19H24FN3O. The van der Waals surface area contributed by atoms with Gasteiger partial charge in [0.2, 0.25) is 5.91 Å². The minimum absolute atomic E-state index is 0.0721. The van der Waals surface area contributed by atoms with E-state index in [-0.39, 0.29) is 11.7 Å². The van der Waals surface area contributed by atoms with Crippen LogP contribution >= 0.6 is 0 Å². The monoisotopic (exact) mass is 329 g/mol. The molecule has 1 atom stereocenters. The van der Waals surface area contributed by atoms with Crippen molar-refractivity contribution in [2.45, 2.75) is 38.8 Å². The zero-order valence-corrected chi connectivity index (χ0v) is 14.0. The highest BCUT2D eigenvalue weighted by molar-refractivity contribution is 5.81. The van der Waals surface area contributed by atoms with E-state index in [9.17, 15) is 9.18 Å². The van der Waals surface area contributed by atoms with Crippen molar-refractivity contribution in [3.05, 3.63) is 65.7 Å². The molecular weight excluding hydrogens is 305 g/mol. The lowest BCUT2D eigenvalue weighted by Gasteiger charge is -2.26. The zero-order chi connectivity index (χ0) is 17.4. The lowest BCUT2D eigenvalue weighted by Crippen LogP contribution is -2.44. The van der Waals surface area contributed by atoms with Gasteiger partial charge in [-0.15, -0.1) is 0 Å². The third-order valence-electron chi connectivity index (χ3n) is 3.88. The fraction of sp³-hybridized carbons (Fsp3) is 0.368. The van der Waals surface area contributed by atoms with Gasteiger partial charge in [-0.2, -0.15) is 0 Å². The lowest BCUT2D eigenvalue weighted by molar-refractivity contribution is -0.133. The molecule has 2 rings (SSSR count). The number of rotatable bonds is 8. The highest BCUT2D eigenvalue weighted by atomic mass is 19.1. The summed E-state index contributed by atoms with van der Waals surface area (Å²) in [5, 5.41) is 0. The number of pyridine rings is 1. The van der Waals surface area contributed by atoms with Gasteiger partial charge in [0.1, 0.15) is 5.82 Å². The van der Waals surface area contributed by atoms with E-state index in [1.54, 1.807) is 23.2 Å². The number of hydrogen-bond acceptors (Lipinski definition) is 3. The number of amides is 1. The Morgan fingerprint density at radius 1 is 1.25 bits per heavy atom. The molecule has 1 aromatic heterocycles. The van der Waals surface area contributed by atoms with Crippen molar-refractivity contribution < 1.29 is 9.18 Å². The SMILES string of the molecule is CCCC(N)C(=O)N(CCc1ccccn1)Cc1ccc(F)cc1. The van der Waals surface area contributed by atoms with Crippen molar-refractivity contribution in [1.29, 1.82) is 0 Å². The van der Waals surface area contributed by atoms with Crippen LogP contribution in [0.4, 0.5) is 4.39 Å². The second-order valence-electron chi connectivity index (χ2n) is 5.85.